The van der Waals surface area contributed by atoms with E-state index in [0.717, 1.165) is 4.68 Å². The lowest BCUT2D eigenvalue weighted by Gasteiger charge is -2.12. The lowest BCUT2D eigenvalue weighted by molar-refractivity contribution is -0.186. The second-order valence-electron chi connectivity index (χ2n) is 5.18. The van der Waals surface area contributed by atoms with Crippen molar-refractivity contribution in [3.8, 4) is 0 Å². The van der Waals surface area contributed by atoms with Gasteiger partial charge in [0.25, 0.3) is 0 Å². The van der Waals surface area contributed by atoms with Gasteiger partial charge in [-0.05, 0) is 5.56 Å². The number of carbonyl (C=O) groups is 1. The highest BCUT2D eigenvalue weighted by molar-refractivity contribution is 5.96. The fraction of sp³-hybridized carbons (Fsp3) is 0.357. The molecule has 1 N–H and O–H groups in total. The maximum absolute atomic E-state index is 14.0. The number of aliphatic hydroxyl groups is 1. The number of carbonyl (C=O) groups excluding carboxylic acids is 1. The molecule has 1 unspecified atom stereocenters. The van der Waals surface area contributed by atoms with Crippen LogP contribution in [-0.2, 0) is 0 Å². The first-order chi connectivity index (χ1) is 10.8. The molecule has 0 amide bonds. The molecule has 0 saturated carbocycles. The van der Waals surface area contributed by atoms with Crippen LogP contribution in [0.1, 0.15) is 40.6 Å². The van der Waals surface area contributed by atoms with Crippen molar-refractivity contribution in [2.75, 3.05) is 0 Å². The molecule has 5 nitrogen and oxygen atoms in total. The number of aliphatic hydroxyl groups excluding tert-OH is 1. The Morgan fingerprint density at radius 2 is 1.96 bits per heavy atom. The van der Waals surface area contributed by atoms with E-state index in [1.54, 1.807) is 30.3 Å². The Morgan fingerprint density at radius 1 is 1.30 bits per heavy atom. The van der Waals surface area contributed by atoms with Crippen LogP contribution in [0.4, 0.5) is 17.6 Å². The minimum Gasteiger partial charge on any atom is -0.377 e. The number of aromatic nitrogens is 3. The number of fused-ring (bicyclic) bond motifs is 1. The number of rotatable bonds is 3. The van der Waals surface area contributed by atoms with Crippen LogP contribution in [0.2, 0.25) is 0 Å². The zero-order valence-electron chi connectivity index (χ0n) is 11.5. The summed E-state index contributed by atoms with van der Waals surface area (Å²) >= 11 is 0. The van der Waals surface area contributed by atoms with Gasteiger partial charge in [-0.15, -0.1) is 5.10 Å². The van der Waals surface area contributed by atoms with Gasteiger partial charge in [-0.1, -0.05) is 30.3 Å². The maximum Gasteiger partial charge on any atom is 0.422 e. The van der Waals surface area contributed by atoms with E-state index < -0.39 is 36.1 Å². The summed E-state index contributed by atoms with van der Waals surface area (Å²) in [4.78, 5) is 15.2. The van der Waals surface area contributed by atoms with E-state index in [1.807, 2.05) is 0 Å². The first-order valence-corrected chi connectivity index (χ1v) is 6.73. The zero-order valence-corrected chi connectivity index (χ0v) is 11.5. The van der Waals surface area contributed by atoms with Crippen molar-refractivity contribution in [2.45, 2.75) is 30.9 Å². The minimum absolute atomic E-state index is 0.0373. The van der Waals surface area contributed by atoms with Gasteiger partial charge < -0.3 is 5.11 Å². The highest BCUT2D eigenvalue weighted by Gasteiger charge is 2.46. The summed E-state index contributed by atoms with van der Waals surface area (Å²) < 4.78 is 52.4. The fourth-order valence-electron chi connectivity index (χ4n) is 2.51. The number of hydrogen-bond donors (Lipinski definition) is 1. The third-order valence-electron chi connectivity index (χ3n) is 3.63. The lowest BCUT2D eigenvalue weighted by atomic mass is 10.0. The monoisotopic (exact) mass is 329 g/mol. The topological polar surface area (TPSA) is 68.0 Å². The predicted molar refractivity (Wildman–Crippen MR) is 69.5 cm³/mol. The van der Waals surface area contributed by atoms with Crippen molar-refractivity contribution < 1.29 is 27.5 Å². The molecule has 1 aliphatic rings. The summed E-state index contributed by atoms with van der Waals surface area (Å²) in [5, 5.41) is 12.7. The molecule has 1 aromatic heterocycles. The van der Waals surface area contributed by atoms with E-state index in [0.29, 0.717) is 5.56 Å². The summed E-state index contributed by atoms with van der Waals surface area (Å²) in [7, 11) is 0. The van der Waals surface area contributed by atoms with Crippen molar-refractivity contribution in [3.63, 3.8) is 0 Å². The SMILES string of the molecule is O=C(c1nc2n(n1)[C@H](c1ccccc1)C[C@@H]2F)C(O)C(F)(F)F. The van der Waals surface area contributed by atoms with E-state index in [2.05, 4.69) is 10.1 Å². The number of nitrogens with zero attached hydrogens (tertiary/aromatic N) is 3. The van der Waals surface area contributed by atoms with Crippen LogP contribution in [0.5, 0.6) is 0 Å². The molecule has 9 heteroatoms. The Kier molecular flexibility index (Phi) is 3.67. The quantitative estimate of drug-likeness (QED) is 0.693. The third-order valence-corrected chi connectivity index (χ3v) is 3.63. The van der Waals surface area contributed by atoms with E-state index in [1.165, 1.54) is 0 Å². The lowest BCUT2D eigenvalue weighted by Crippen LogP contribution is -2.37. The molecule has 1 aromatic carbocycles. The second kappa shape index (κ2) is 5.41. The molecule has 0 bridgehead atoms. The number of ketones is 1. The van der Waals surface area contributed by atoms with Crippen LogP contribution in [0.3, 0.4) is 0 Å². The maximum atomic E-state index is 14.0. The summed E-state index contributed by atoms with van der Waals surface area (Å²) in [5.41, 5.74) is 0.703. The van der Waals surface area contributed by atoms with Crippen LogP contribution in [0, 0.1) is 0 Å². The van der Waals surface area contributed by atoms with Crippen molar-refractivity contribution in [1.29, 1.82) is 0 Å². The molecule has 0 aliphatic carbocycles. The van der Waals surface area contributed by atoms with Crippen molar-refractivity contribution in [1.82, 2.24) is 14.8 Å². The Labute approximate surface area is 127 Å². The molecule has 0 radical (unpaired) electrons. The molecule has 122 valence electrons. The number of halogens is 4. The minimum atomic E-state index is -5.12. The molecule has 3 atom stereocenters. The smallest absolute Gasteiger partial charge is 0.377 e. The molecule has 0 spiro atoms. The van der Waals surface area contributed by atoms with Gasteiger partial charge in [0, 0.05) is 6.42 Å². The number of alkyl halides is 4. The predicted octanol–water partition coefficient (Wildman–Crippen LogP) is 2.39. The molecule has 3 rings (SSSR count). The average molecular weight is 329 g/mol. The van der Waals surface area contributed by atoms with Gasteiger partial charge in [-0.2, -0.15) is 13.2 Å². The van der Waals surface area contributed by atoms with E-state index >= 15 is 0 Å². The van der Waals surface area contributed by atoms with E-state index in [-0.39, 0.29) is 12.2 Å². The molecule has 0 saturated heterocycles. The number of hydrogen-bond acceptors (Lipinski definition) is 4. The molecule has 0 fully saturated rings. The summed E-state index contributed by atoms with van der Waals surface area (Å²) in [6.45, 7) is 0. The van der Waals surface area contributed by atoms with Crippen molar-refractivity contribution >= 4 is 5.78 Å². The molecule has 2 aromatic rings. The van der Waals surface area contributed by atoms with Gasteiger partial charge in [0.15, 0.2) is 12.0 Å². The highest BCUT2D eigenvalue weighted by atomic mass is 19.4. The Hall–Kier alpha value is -2.29. The molecular formula is C14H11F4N3O2. The Bertz CT molecular complexity index is 729. The molecule has 1 aliphatic heterocycles. The van der Waals surface area contributed by atoms with Gasteiger partial charge >= 0.3 is 6.18 Å². The van der Waals surface area contributed by atoms with Gasteiger partial charge in [0.05, 0.1) is 6.04 Å². The first-order valence-electron chi connectivity index (χ1n) is 6.73. The summed E-state index contributed by atoms with van der Waals surface area (Å²) in [6.07, 6.45) is -9.85. The second-order valence-corrected chi connectivity index (χ2v) is 5.18. The molecule has 2 heterocycles. The summed E-state index contributed by atoms with van der Waals surface area (Å²) in [5.74, 6) is -2.75. The Morgan fingerprint density at radius 3 is 2.57 bits per heavy atom. The van der Waals surface area contributed by atoms with Gasteiger partial charge in [-0.3, -0.25) is 4.79 Å². The van der Waals surface area contributed by atoms with Gasteiger partial charge in [0.2, 0.25) is 17.7 Å². The largest absolute Gasteiger partial charge is 0.422 e. The van der Waals surface area contributed by atoms with Crippen LogP contribution < -0.4 is 0 Å². The van der Waals surface area contributed by atoms with Crippen molar-refractivity contribution in [2.24, 2.45) is 0 Å². The van der Waals surface area contributed by atoms with E-state index in [9.17, 15) is 22.4 Å². The number of benzene rings is 1. The third kappa shape index (κ3) is 2.72. The zero-order chi connectivity index (χ0) is 16.8. The van der Waals surface area contributed by atoms with Crippen LogP contribution in [-0.4, -0.2) is 37.9 Å². The first kappa shape index (κ1) is 15.6. The van der Waals surface area contributed by atoms with E-state index in [4.69, 9.17) is 5.11 Å². The number of Topliss-reactive ketones (excluding diaryl/α,β-unsaturated/α-hetero) is 1. The average Bonchev–Trinajstić information content (AvgIpc) is 3.07. The van der Waals surface area contributed by atoms with Gasteiger partial charge in [-0.25, -0.2) is 14.1 Å². The molecular weight excluding hydrogens is 318 g/mol. The van der Waals surface area contributed by atoms with Crippen LogP contribution in [0.15, 0.2) is 30.3 Å². The molecule has 23 heavy (non-hydrogen) atoms. The standard InChI is InChI=1S/C14H11F4N3O2/c15-8-6-9(7-4-2-1-3-5-7)21-13(8)19-12(20-21)10(22)11(23)14(16,17)18/h1-5,8-9,11,23H,6H2/t8-,9-,11?/m0/s1. The summed E-state index contributed by atoms with van der Waals surface area (Å²) in [6, 6.07) is 8.12. The van der Waals surface area contributed by atoms with Gasteiger partial charge in [0.1, 0.15) is 0 Å². The van der Waals surface area contributed by atoms with Crippen LogP contribution in [0.25, 0.3) is 0 Å². The highest BCUT2D eigenvalue weighted by Crippen LogP contribution is 2.39. The fourth-order valence-corrected chi connectivity index (χ4v) is 2.51. The Balaban J connectivity index is 1.95. The normalized spacial score (nSPS) is 22.0. The van der Waals surface area contributed by atoms with Crippen LogP contribution >= 0.6 is 0 Å². The van der Waals surface area contributed by atoms with Crippen molar-refractivity contribution in [3.05, 3.63) is 47.5 Å².